The molecule has 0 radical (unpaired) electrons. The Labute approximate surface area is 95.1 Å². The molecule has 4 heteroatoms. The maximum Gasteiger partial charge on any atom is 0.225 e. The van der Waals surface area contributed by atoms with Gasteiger partial charge in [0.15, 0.2) is 0 Å². The van der Waals surface area contributed by atoms with Crippen molar-refractivity contribution in [2.45, 2.75) is 25.8 Å². The topological polar surface area (TPSA) is 78.9 Å². The lowest BCUT2D eigenvalue weighted by Gasteiger charge is -2.07. The van der Waals surface area contributed by atoms with Gasteiger partial charge in [-0.1, -0.05) is 12.1 Å². The molecular formula is C12H15N3O. The van der Waals surface area contributed by atoms with E-state index < -0.39 is 0 Å². The Morgan fingerprint density at radius 1 is 1.50 bits per heavy atom. The summed E-state index contributed by atoms with van der Waals surface area (Å²) in [5.74, 6) is -0.0944. The molecule has 1 aromatic carbocycles. The van der Waals surface area contributed by atoms with E-state index in [9.17, 15) is 4.79 Å². The molecule has 0 spiro atoms. The molecule has 3 N–H and O–H groups in total. The molecule has 0 saturated carbocycles. The zero-order valence-corrected chi connectivity index (χ0v) is 9.23. The number of hydrogen-bond acceptors (Lipinski definition) is 3. The fourth-order valence-corrected chi connectivity index (χ4v) is 1.30. The van der Waals surface area contributed by atoms with Crippen LogP contribution in [-0.4, -0.2) is 11.9 Å². The number of carbonyl (C=O) groups is 1. The second-order valence-electron chi connectivity index (χ2n) is 3.76. The van der Waals surface area contributed by atoms with Crippen molar-refractivity contribution in [3.05, 3.63) is 29.8 Å². The molecule has 0 aromatic heterocycles. The van der Waals surface area contributed by atoms with Crippen LogP contribution in [0.1, 0.15) is 18.9 Å². The standard InChI is InChI=1S/C12H15N3O/c1-9(14)8-12(16)15-11-4-2-10(3-5-11)6-7-13/h2-5,9H,6,8,14H2,1H3,(H,15,16). The van der Waals surface area contributed by atoms with E-state index in [2.05, 4.69) is 11.4 Å². The fraction of sp³-hybridized carbons (Fsp3) is 0.333. The molecule has 0 fully saturated rings. The molecule has 0 bridgehead atoms. The number of anilines is 1. The third-order valence-electron chi connectivity index (χ3n) is 2.03. The van der Waals surface area contributed by atoms with Crippen molar-refractivity contribution in [3.63, 3.8) is 0 Å². The Hall–Kier alpha value is -1.86. The van der Waals surface area contributed by atoms with Gasteiger partial charge in [-0.15, -0.1) is 0 Å². The van der Waals surface area contributed by atoms with Crippen molar-refractivity contribution in [1.29, 1.82) is 5.26 Å². The summed E-state index contributed by atoms with van der Waals surface area (Å²) in [5.41, 5.74) is 7.18. The Morgan fingerprint density at radius 2 is 2.12 bits per heavy atom. The Morgan fingerprint density at radius 3 is 2.62 bits per heavy atom. The van der Waals surface area contributed by atoms with Gasteiger partial charge in [-0.2, -0.15) is 5.26 Å². The lowest BCUT2D eigenvalue weighted by molar-refractivity contribution is -0.116. The van der Waals surface area contributed by atoms with Crippen molar-refractivity contribution < 1.29 is 4.79 Å². The molecule has 0 saturated heterocycles. The Balaban J connectivity index is 2.55. The molecule has 1 rings (SSSR count). The first-order valence-electron chi connectivity index (χ1n) is 5.13. The van der Waals surface area contributed by atoms with Crippen LogP contribution in [0.15, 0.2) is 24.3 Å². The van der Waals surface area contributed by atoms with E-state index in [1.807, 2.05) is 12.1 Å². The van der Waals surface area contributed by atoms with Crippen LogP contribution in [0.3, 0.4) is 0 Å². The van der Waals surface area contributed by atoms with Gasteiger partial charge in [0, 0.05) is 18.2 Å². The molecule has 1 unspecified atom stereocenters. The average molecular weight is 217 g/mol. The maximum atomic E-state index is 11.4. The van der Waals surface area contributed by atoms with E-state index in [4.69, 9.17) is 11.0 Å². The highest BCUT2D eigenvalue weighted by atomic mass is 16.1. The molecule has 0 aliphatic rings. The minimum Gasteiger partial charge on any atom is -0.327 e. The number of rotatable bonds is 4. The highest BCUT2D eigenvalue weighted by Crippen LogP contribution is 2.10. The maximum absolute atomic E-state index is 11.4. The molecular weight excluding hydrogens is 202 g/mol. The largest absolute Gasteiger partial charge is 0.327 e. The van der Waals surface area contributed by atoms with E-state index in [1.54, 1.807) is 19.1 Å². The third-order valence-corrected chi connectivity index (χ3v) is 2.03. The summed E-state index contributed by atoms with van der Waals surface area (Å²) in [6, 6.07) is 9.14. The smallest absolute Gasteiger partial charge is 0.225 e. The van der Waals surface area contributed by atoms with Crippen molar-refractivity contribution in [3.8, 4) is 6.07 Å². The summed E-state index contributed by atoms with van der Waals surface area (Å²) in [5, 5.41) is 11.2. The summed E-state index contributed by atoms with van der Waals surface area (Å²) in [6.07, 6.45) is 0.688. The van der Waals surface area contributed by atoms with E-state index in [-0.39, 0.29) is 11.9 Å². The number of nitrogens with zero attached hydrogens (tertiary/aromatic N) is 1. The predicted molar refractivity (Wildman–Crippen MR) is 62.7 cm³/mol. The normalized spacial score (nSPS) is 11.6. The number of nitrogens with one attached hydrogen (secondary N) is 1. The van der Waals surface area contributed by atoms with E-state index in [0.717, 1.165) is 11.3 Å². The van der Waals surface area contributed by atoms with Gasteiger partial charge < -0.3 is 11.1 Å². The average Bonchev–Trinajstić information content (AvgIpc) is 2.20. The fourth-order valence-electron chi connectivity index (χ4n) is 1.30. The lowest BCUT2D eigenvalue weighted by atomic mass is 10.1. The minimum absolute atomic E-state index is 0.0944. The molecule has 16 heavy (non-hydrogen) atoms. The predicted octanol–water partition coefficient (Wildman–Crippen LogP) is 1.43. The van der Waals surface area contributed by atoms with Gasteiger partial charge in [-0.3, -0.25) is 4.79 Å². The van der Waals surface area contributed by atoms with Crippen LogP contribution in [0.2, 0.25) is 0 Å². The van der Waals surface area contributed by atoms with Gasteiger partial charge in [0.2, 0.25) is 5.91 Å². The first-order chi connectivity index (χ1) is 7.61. The monoisotopic (exact) mass is 217 g/mol. The second-order valence-corrected chi connectivity index (χ2v) is 3.76. The van der Waals surface area contributed by atoms with Crippen molar-refractivity contribution in [2.24, 2.45) is 5.73 Å². The summed E-state index contributed by atoms with van der Waals surface area (Å²) in [7, 11) is 0. The van der Waals surface area contributed by atoms with Crippen LogP contribution in [0.5, 0.6) is 0 Å². The van der Waals surface area contributed by atoms with Crippen molar-refractivity contribution in [2.75, 3.05) is 5.32 Å². The summed E-state index contributed by atoms with van der Waals surface area (Å²) >= 11 is 0. The van der Waals surface area contributed by atoms with Crippen LogP contribution in [-0.2, 0) is 11.2 Å². The molecule has 1 atom stereocenters. The molecule has 4 nitrogen and oxygen atoms in total. The number of amides is 1. The van der Waals surface area contributed by atoms with Gasteiger partial charge >= 0.3 is 0 Å². The molecule has 84 valence electrons. The number of benzene rings is 1. The van der Waals surface area contributed by atoms with Gasteiger partial charge in [0.05, 0.1) is 12.5 Å². The Bertz CT molecular complexity index is 390. The van der Waals surface area contributed by atoms with Crippen LogP contribution in [0, 0.1) is 11.3 Å². The number of hydrogen-bond donors (Lipinski definition) is 2. The Kier molecular flexibility index (Phi) is 4.49. The van der Waals surface area contributed by atoms with E-state index >= 15 is 0 Å². The number of nitriles is 1. The van der Waals surface area contributed by atoms with Crippen molar-refractivity contribution in [1.82, 2.24) is 0 Å². The molecule has 1 amide bonds. The minimum atomic E-state index is -0.141. The molecule has 0 heterocycles. The van der Waals surface area contributed by atoms with Gasteiger partial charge in [0.25, 0.3) is 0 Å². The lowest BCUT2D eigenvalue weighted by Crippen LogP contribution is -2.23. The van der Waals surface area contributed by atoms with Crippen LogP contribution >= 0.6 is 0 Å². The van der Waals surface area contributed by atoms with Gasteiger partial charge in [0.1, 0.15) is 0 Å². The quantitative estimate of drug-likeness (QED) is 0.800. The first-order valence-corrected chi connectivity index (χ1v) is 5.13. The molecule has 0 aliphatic carbocycles. The summed E-state index contributed by atoms with van der Waals surface area (Å²) in [6.45, 7) is 1.79. The summed E-state index contributed by atoms with van der Waals surface area (Å²) < 4.78 is 0. The number of carbonyl (C=O) groups excluding carboxylic acids is 1. The zero-order chi connectivity index (χ0) is 12.0. The highest BCUT2D eigenvalue weighted by molar-refractivity contribution is 5.91. The second kappa shape index (κ2) is 5.89. The van der Waals surface area contributed by atoms with Gasteiger partial charge in [-0.05, 0) is 24.6 Å². The van der Waals surface area contributed by atoms with Crippen molar-refractivity contribution >= 4 is 11.6 Å². The van der Waals surface area contributed by atoms with E-state index in [1.165, 1.54) is 0 Å². The zero-order valence-electron chi connectivity index (χ0n) is 9.23. The van der Waals surface area contributed by atoms with Crippen LogP contribution in [0.25, 0.3) is 0 Å². The van der Waals surface area contributed by atoms with E-state index in [0.29, 0.717) is 12.8 Å². The number of nitrogens with two attached hydrogens (primary N) is 1. The van der Waals surface area contributed by atoms with Crippen LogP contribution in [0.4, 0.5) is 5.69 Å². The molecule has 0 aliphatic heterocycles. The first kappa shape index (κ1) is 12.2. The highest BCUT2D eigenvalue weighted by Gasteiger charge is 2.04. The SMILES string of the molecule is CC(N)CC(=O)Nc1ccc(CC#N)cc1. The summed E-state index contributed by atoms with van der Waals surface area (Å²) in [4.78, 5) is 11.4. The van der Waals surface area contributed by atoms with Crippen LogP contribution < -0.4 is 11.1 Å². The molecule has 1 aromatic rings. The third kappa shape index (κ3) is 4.11. The van der Waals surface area contributed by atoms with Gasteiger partial charge in [-0.25, -0.2) is 0 Å².